The lowest BCUT2D eigenvalue weighted by Gasteiger charge is -2.52. The van der Waals surface area contributed by atoms with Crippen LogP contribution in [0, 0.1) is 12.3 Å². The average Bonchev–Trinajstić information content (AvgIpc) is 2.46. The minimum atomic E-state index is -0.418. The van der Waals surface area contributed by atoms with E-state index in [0.29, 0.717) is 11.3 Å². The van der Waals surface area contributed by atoms with E-state index < -0.39 is 5.60 Å². The first-order valence-corrected chi connectivity index (χ1v) is 9.29. The molecule has 4 heteroatoms. The van der Waals surface area contributed by atoms with E-state index in [0.717, 1.165) is 36.5 Å². The Morgan fingerprint density at radius 3 is 2.42 bits per heavy atom. The number of amides is 1. The third-order valence-corrected chi connectivity index (χ3v) is 5.91. The van der Waals surface area contributed by atoms with Gasteiger partial charge < -0.3 is 9.64 Å². The van der Waals surface area contributed by atoms with Gasteiger partial charge in [-0.2, -0.15) is 0 Å². The molecule has 1 saturated heterocycles. The summed E-state index contributed by atoms with van der Waals surface area (Å²) < 4.78 is 5.48. The minimum Gasteiger partial charge on any atom is -0.444 e. The normalized spacial score (nSPS) is 20.8. The molecule has 1 amide bonds. The fraction of sp³-hybridized carbons (Fsp3) is 0.650. The van der Waals surface area contributed by atoms with E-state index in [4.69, 9.17) is 16.3 Å². The smallest absolute Gasteiger partial charge is 0.410 e. The molecule has 0 bridgehead atoms. The van der Waals surface area contributed by atoms with Gasteiger partial charge in [0.15, 0.2) is 0 Å². The molecule has 3 rings (SSSR count). The molecule has 0 aromatic heterocycles. The van der Waals surface area contributed by atoms with E-state index in [-0.39, 0.29) is 6.09 Å². The Labute approximate surface area is 150 Å². The first-order valence-electron chi connectivity index (χ1n) is 8.91. The van der Waals surface area contributed by atoms with Gasteiger partial charge in [-0.05, 0) is 81.9 Å². The number of likely N-dealkylation sites (tertiary alicyclic amines) is 1. The molecule has 1 spiro atoms. The van der Waals surface area contributed by atoms with Crippen molar-refractivity contribution in [1.29, 1.82) is 0 Å². The fourth-order valence-corrected chi connectivity index (χ4v) is 4.17. The predicted molar refractivity (Wildman–Crippen MR) is 97.6 cm³/mol. The lowest BCUT2D eigenvalue weighted by molar-refractivity contribution is -0.0121. The molecule has 0 N–H and O–H groups in total. The Morgan fingerprint density at radius 2 is 1.88 bits per heavy atom. The van der Waals surface area contributed by atoms with Crippen molar-refractivity contribution < 1.29 is 9.53 Å². The molecule has 0 atom stereocenters. The van der Waals surface area contributed by atoms with Crippen LogP contribution in [0.3, 0.4) is 0 Å². The van der Waals surface area contributed by atoms with Gasteiger partial charge in [-0.25, -0.2) is 4.79 Å². The third-order valence-electron chi connectivity index (χ3n) is 5.50. The number of aryl methyl sites for hydroxylation is 1. The van der Waals surface area contributed by atoms with Crippen LogP contribution in [0.15, 0.2) is 18.2 Å². The molecule has 1 aliphatic carbocycles. The number of ether oxygens (including phenoxy) is 1. The van der Waals surface area contributed by atoms with E-state index in [1.165, 1.54) is 18.4 Å². The van der Waals surface area contributed by atoms with Crippen LogP contribution in [0.5, 0.6) is 0 Å². The van der Waals surface area contributed by atoms with Gasteiger partial charge >= 0.3 is 6.09 Å². The second kappa shape index (κ2) is 6.25. The second-order valence-electron chi connectivity index (χ2n) is 8.58. The quantitative estimate of drug-likeness (QED) is 0.665. The topological polar surface area (TPSA) is 29.5 Å². The average molecular weight is 350 g/mol. The summed E-state index contributed by atoms with van der Waals surface area (Å²) in [6.07, 6.45) is 4.44. The first-order chi connectivity index (χ1) is 11.2. The molecule has 3 nitrogen and oxygen atoms in total. The van der Waals surface area contributed by atoms with Gasteiger partial charge in [0.05, 0.1) is 0 Å². The molecule has 1 aromatic rings. The molecule has 0 radical (unpaired) electrons. The van der Waals surface area contributed by atoms with Gasteiger partial charge in [0, 0.05) is 18.1 Å². The van der Waals surface area contributed by atoms with Crippen LogP contribution in [0.4, 0.5) is 4.79 Å². The summed E-state index contributed by atoms with van der Waals surface area (Å²) in [5, 5.41) is 0.869. The number of hydrogen-bond donors (Lipinski definition) is 0. The molecule has 2 aliphatic rings. The van der Waals surface area contributed by atoms with Crippen molar-refractivity contribution in [3.05, 3.63) is 34.3 Å². The number of piperidine rings is 1. The van der Waals surface area contributed by atoms with Crippen LogP contribution < -0.4 is 0 Å². The minimum absolute atomic E-state index is 0.168. The van der Waals surface area contributed by atoms with Crippen molar-refractivity contribution >= 4 is 17.7 Å². The van der Waals surface area contributed by atoms with E-state index in [9.17, 15) is 4.79 Å². The van der Waals surface area contributed by atoms with Crippen molar-refractivity contribution in [3.63, 3.8) is 0 Å². The van der Waals surface area contributed by atoms with E-state index in [1.807, 2.05) is 32.6 Å². The summed E-state index contributed by atoms with van der Waals surface area (Å²) in [5.74, 6) is 0.621. The van der Waals surface area contributed by atoms with Crippen LogP contribution in [0.2, 0.25) is 5.02 Å². The molecule has 24 heavy (non-hydrogen) atoms. The lowest BCUT2D eigenvalue weighted by Crippen LogP contribution is -2.49. The fourth-order valence-electron chi connectivity index (χ4n) is 3.98. The molecular formula is C20H28ClNO2. The zero-order valence-corrected chi connectivity index (χ0v) is 15.9. The Hall–Kier alpha value is -1.22. The monoisotopic (exact) mass is 349 g/mol. The van der Waals surface area contributed by atoms with Crippen LogP contribution >= 0.6 is 11.6 Å². The highest BCUT2D eigenvalue weighted by Gasteiger charge is 2.47. The first kappa shape index (κ1) is 17.6. The largest absolute Gasteiger partial charge is 0.444 e. The zero-order chi connectivity index (χ0) is 17.5. The van der Waals surface area contributed by atoms with Crippen molar-refractivity contribution in [2.75, 3.05) is 13.1 Å². The van der Waals surface area contributed by atoms with E-state index >= 15 is 0 Å². The molecule has 1 aromatic carbocycles. The van der Waals surface area contributed by atoms with Gasteiger partial charge in [0.1, 0.15) is 5.60 Å². The number of hydrogen-bond acceptors (Lipinski definition) is 2. The lowest BCUT2D eigenvalue weighted by atomic mass is 9.56. The Balaban J connectivity index is 1.53. The Kier molecular flexibility index (Phi) is 4.59. The van der Waals surface area contributed by atoms with Gasteiger partial charge in [-0.1, -0.05) is 23.7 Å². The summed E-state index contributed by atoms with van der Waals surface area (Å²) >= 11 is 6.26. The highest BCUT2D eigenvalue weighted by molar-refractivity contribution is 6.31. The Bertz CT molecular complexity index is 619. The number of carbonyl (C=O) groups is 1. The van der Waals surface area contributed by atoms with Crippen molar-refractivity contribution in [1.82, 2.24) is 4.90 Å². The van der Waals surface area contributed by atoms with Gasteiger partial charge in [-0.3, -0.25) is 0 Å². The van der Waals surface area contributed by atoms with Gasteiger partial charge in [0.2, 0.25) is 0 Å². The molecular weight excluding hydrogens is 322 g/mol. The molecule has 1 heterocycles. The number of carbonyl (C=O) groups excluding carboxylic acids is 1. The number of rotatable bonds is 1. The van der Waals surface area contributed by atoms with E-state index in [2.05, 4.69) is 18.2 Å². The predicted octanol–water partition coefficient (Wildman–Crippen LogP) is 5.54. The van der Waals surface area contributed by atoms with Crippen LogP contribution in [0.25, 0.3) is 0 Å². The SMILES string of the molecule is Cc1ccc(C2CC3(CCN(C(=O)OC(C)(C)C)CC3)C2)cc1Cl. The van der Waals surface area contributed by atoms with Crippen LogP contribution in [-0.2, 0) is 4.74 Å². The van der Waals surface area contributed by atoms with Crippen LogP contribution in [-0.4, -0.2) is 29.7 Å². The van der Waals surface area contributed by atoms with Gasteiger partial charge in [-0.15, -0.1) is 0 Å². The Morgan fingerprint density at radius 1 is 1.25 bits per heavy atom. The number of nitrogens with zero attached hydrogens (tertiary/aromatic N) is 1. The molecule has 0 unspecified atom stereocenters. The molecule has 132 valence electrons. The van der Waals surface area contributed by atoms with Crippen molar-refractivity contribution in [2.24, 2.45) is 5.41 Å². The molecule has 2 fully saturated rings. The third kappa shape index (κ3) is 3.72. The standard InChI is InChI=1S/C20H28ClNO2/c1-14-5-6-15(11-17(14)21)16-12-20(13-16)7-9-22(10-8-20)18(23)24-19(2,3)4/h5-6,11,16H,7-10,12-13H2,1-4H3. The molecule has 1 aliphatic heterocycles. The maximum absolute atomic E-state index is 12.2. The molecule has 1 saturated carbocycles. The van der Waals surface area contributed by atoms with Crippen LogP contribution in [0.1, 0.15) is 63.5 Å². The highest BCUT2D eigenvalue weighted by atomic mass is 35.5. The summed E-state index contributed by atoms with van der Waals surface area (Å²) in [4.78, 5) is 14.0. The second-order valence-corrected chi connectivity index (χ2v) is 8.99. The summed E-state index contributed by atoms with van der Waals surface area (Å²) in [6.45, 7) is 9.42. The maximum Gasteiger partial charge on any atom is 0.410 e. The van der Waals surface area contributed by atoms with E-state index in [1.54, 1.807) is 0 Å². The summed E-state index contributed by atoms with van der Waals surface area (Å²) in [7, 11) is 0. The zero-order valence-electron chi connectivity index (χ0n) is 15.2. The highest BCUT2D eigenvalue weighted by Crippen LogP contribution is 2.56. The van der Waals surface area contributed by atoms with Gasteiger partial charge in [0.25, 0.3) is 0 Å². The van der Waals surface area contributed by atoms with Crippen molar-refractivity contribution in [3.8, 4) is 0 Å². The number of halogens is 1. The van der Waals surface area contributed by atoms with Crippen molar-refractivity contribution in [2.45, 2.75) is 64.9 Å². The summed E-state index contributed by atoms with van der Waals surface area (Å²) in [5.41, 5.74) is 2.50. The maximum atomic E-state index is 12.2. The number of benzene rings is 1. The summed E-state index contributed by atoms with van der Waals surface area (Å²) in [6, 6.07) is 6.46.